The van der Waals surface area contributed by atoms with Crippen LogP contribution < -0.4 is 50.1 Å². The molecule has 4 saturated heterocycles. The molecule has 10 aliphatic rings. The molecule has 0 spiro atoms. The van der Waals surface area contributed by atoms with Crippen LogP contribution in [0.15, 0.2) is 86.2 Å². The summed E-state index contributed by atoms with van der Waals surface area (Å²) in [6.07, 6.45) is 14.2. The minimum atomic E-state index is -3.93. The Kier molecular flexibility index (Phi) is 31.0. The van der Waals surface area contributed by atoms with Crippen LogP contribution in [-0.2, 0) is 82.4 Å². The summed E-state index contributed by atoms with van der Waals surface area (Å²) in [5.41, 5.74) is 0.990. The second-order valence-corrected chi connectivity index (χ2v) is 39.5. The Hall–Kier alpha value is -10.0. The van der Waals surface area contributed by atoms with Crippen LogP contribution in [0.1, 0.15) is 197 Å². The Morgan fingerprint density at radius 1 is 0.573 bits per heavy atom. The van der Waals surface area contributed by atoms with Crippen molar-refractivity contribution in [3.05, 3.63) is 86.2 Å². The van der Waals surface area contributed by atoms with Crippen LogP contribution in [0.25, 0.3) is 21.5 Å². The van der Waals surface area contributed by atoms with E-state index in [2.05, 4.69) is 58.2 Å². The first-order chi connectivity index (χ1) is 57.4. The molecular formula is C84H114Cl2N12O24S2. The van der Waals surface area contributed by atoms with Gasteiger partial charge in [-0.3, -0.25) is 67.1 Å². The first-order valence-corrected chi connectivity index (χ1v) is 44.4. The van der Waals surface area contributed by atoms with Gasteiger partial charge in [-0.1, -0.05) is 89.5 Å². The Balaban J connectivity index is 0.000000219. The molecule has 680 valence electrons. The number of carbonyl (C=O) groups is 12. The fourth-order valence-corrected chi connectivity index (χ4v) is 19.1. The summed E-state index contributed by atoms with van der Waals surface area (Å²) in [5.74, 6) is -5.59. The van der Waals surface area contributed by atoms with Crippen LogP contribution in [0.3, 0.4) is 0 Å². The van der Waals surface area contributed by atoms with Gasteiger partial charge in [-0.05, 0) is 161 Å². The van der Waals surface area contributed by atoms with Gasteiger partial charge in [0.1, 0.15) is 58.5 Å². The lowest BCUT2D eigenvalue weighted by Crippen LogP contribution is -2.60. The van der Waals surface area contributed by atoms with E-state index in [0.717, 1.165) is 67.5 Å². The summed E-state index contributed by atoms with van der Waals surface area (Å²) in [4.78, 5) is 173. The van der Waals surface area contributed by atoms with Gasteiger partial charge in [0.05, 0.1) is 49.5 Å². The van der Waals surface area contributed by atoms with Crippen molar-refractivity contribution in [2.75, 3.05) is 27.3 Å². The largest absolute Gasteiger partial charge is 0.560 e. The van der Waals surface area contributed by atoms with E-state index in [1.807, 2.05) is 71.0 Å². The van der Waals surface area contributed by atoms with E-state index in [1.54, 1.807) is 59.5 Å². The molecule has 124 heavy (non-hydrogen) atoms. The predicted octanol–water partition coefficient (Wildman–Crippen LogP) is 7.57. The van der Waals surface area contributed by atoms with Gasteiger partial charge < -0.3 is 60.3 Å². The van der Waals surface area contributed by atoms with Gasteiger partial charge in [-0.15, -0.1) is 38.0 Å². The number of alkyl carbamates (subject to hydrolysis) is 1. The average molecular weight is 1810 g/mol. The number of hydroxylamine groups is 4. The molecule has 40 heteroatoms. The summed E-state index contributed by atoms with van der Waals surface area (Å²) in [6, 6.07) is 10.4. The maximum absolute atomic E-state index is 14.6. The second-order valence-electron chi connectivity index (χ2n) is 35.6. The molecule has 8 N–H and O–H groups in total. The fourth-order valence-electron chi connectivity index (χ4n) is 16.0. The van der Waals surface area contributed by atoms with Crippen molar-refractivity contribution in [1.82, 2.24) is 55.3 Å². The second kappa shape index (κ2) is 39.3. The third-order valence-corrected chi connectivity index (χ3v) is 27.9. The lowest BCUT2D eigenvalue weighted by Gasteiger charge is -2.36. The van der Waals surface area contributed by atoms with Gasteiger partial charge in [0, 0.05) is 73.5 Å². The van der Waals surface area contributed by atoms with Crippen molar-refractivity contribution in [2.24, 2.45) is 28.4 Å². The van der Waals surface area contributed by atoms with Gasteiger partial charge in [0.2, 0.25) is 55.4 Å². The van der Waals surface area contributed by atoms with Gasteiger partial charge in [-0.25, -0.2) is 31.6 Å². The monoisotopic (exact) mass is 1810 g/mol. The van der Waals surface area contributed by atoms with E-state index in [9.17, 15) is 79.5 Å². The summed E-state index contributed by atoms with van der Waals surface area (Å²) >= 11 is 0. The number of rotatable bonds is 24. The Morgan fingerprint density at radius 2 is 0.960 bits per heavy atom. The van der Waals surface area contributed by atoms with Crippen molar-refractivity contribution in [1.29, 1.82) is 0 Å². The third kappa shape index (κ3) is 22.6. The number of nitrogens with one attached hydrogen (secondary N) is 5. The predicted molar refractivity (Wildman–Crippen MR) is 454 cm³/mol. The number of aliphatic hydroxyl groups is 1. The SMILES string of the molecule is C=C[C@@H]1C[C@]1(NC(=O)[C@@H]1C[C@@H](Oc2nccc3cc(OC)ccc23)CN1C(=O)[C@@H](N)C(C)(C)C)C(=O)NS(=O)(=O)C1CCC1.C=C[C@@H]1C[C@]1(NC(=O)[C@@H]1C[C@@H](Oc2nccc3cc(OC)ccc23)CN1C(=O)[C@@H](NC(=O)OC1(C)CCCC1)C(C)(C)C)C(=O)NS(=O)(=O)C1CCC1.CC1(O)CCCC1.Cl.Cl.O=C(ON1C(=O)CCC1=O)ON1C(=O)CCC1=O. The molecule has 6 heterocycles. The van der Waals surface area contributed by atoms with Crippen LogP contribution in [0.2, 0.25) is 0 Å². The molecule has 6 aliphatic carbocycles. The lowest BCUT2D eigenvalue weighted by molar-refractivity contribution is -0.198. The number of likely N-dealkylation sites (tertiary alicyclic amines) is 2. The Morgan fingerprint density at radius 3 is 1.29 bits per heavy atom. The summed E-state index contributed by atoms with van der Waals surface area (Å²) < 4.78 is 84.9. The maximum Gasteiger partial charge on any atom is 0.560 e. The number of sulfonamides is 2. The molecule has 36 nitrogen and oxygen atoms in total. The molecule has 2 aromatic carbocycles. The molecule has 14 rings (SSSR count). The van der Waals surface area contributed by atoms with Crippen molar-refractivity contribution in [3.63, 3.8) is 0 Å². The fraction of sp³-hybridized carbons (Fsp3) is 0.595. The highest BCUT2D eigenvalue weighted by Gasteiger charge is 2.64. The average Bonchev–Trinajstić information content (AvgIpc) is 1.58. The maximum atomic E-state index is 14.6. The van der Waals surface area contributed by atoms with Crippen molar-refractivity contribution in [3.8, 4) is 23.3 Å². The van der Waals surface area contributed by atoms with Crippen LogP contribution in [0.5, 0.6) is 23.3 Å². The molecule has 2 aromatic heterocycles. The minimum Gasteiger partial charge on any atom is -0.497 e. The lowest BCUT2D eigenvalue weighted by atomic mass is 9.85. The molecule has 0 unspecified atom stereocenters. The highest BCUT2D eigenvalue weighted by Crippen LogP contribution is 2.48. The van der Waals surface area contributed by atoms with Gasteiger partial charge in [-0.2, -0.15) is 4.79 Å². The molecule has 0 radical (unpaired) electrons. The number of fused-ring (bicyclic) bond motifs is 2. The van der Waals surface area contributed by atoms with Crippen molar-refractivity contribution in [2.45, 2.75) is 266 Å². The third-order valence-electron chi connectivity index (χ3n) is 24.3. The van der Waals surface area contributed by atoms with Gasteiger partial charge in [0.25, 0.3) is 35.4 Å². The number of hydrogen-bond acceptors (Lipinski definition) is 27. The number of ether oxygens (including phenoxy) is 5. The number of nitrogens with zero attached hydrogens (tertiary/aromatic N) is 6. The van der Waals surface area contributed by atoms with Crippen LogP contribution in [0.4, 0.5) is 9.59 Å². The number of imide groups is 2. The topological polar surface area (TPSA) is 483 Å². The quantitative estimate of drug-likeness (QED) is 0.0262. The number of aromatic nitrogens is 2. The number of amides is 11. The first-order valence-electron chi connectivity index (χ1n) is 41.3. The number of hydrogen-bond donors (Lipinski definition) is 7. The zero-order valence-corrected chi connectivity index (χ0v) is 74.6. The van der Waals surface area contributed by atoms with E-state index in [4.69, 9.17) is 29.4 Å². The number of benzene rings is 2. The van der Waals surface area contributed by atoms with Crippen LogP contribution in [0, 0.1) is 22.7 Å². The van der Waals surface area contributed by atoms with Crippen molar-refractivity contribution < 1.29 is 113 Å². The normalized spacial score (nSPS) is 24.7. The number of carbonyl (C=O) groups excluding carboxylic acids is 12. The van der Waals surface area contributed by atoms with Crippen LogP contribution >= 0.6 is 24.8 Å². The number of pyridine rings is 2. The highest BCUT2D eigenvalue weighted by atomic mass is 35.5. The highest BCUT2D eigenvalue weighted by molar-refractivity contribution is 7.91. The molecule has 10 atom stereocenters. The van der Waals surface area contributed by atoms with Crippen LogP contribution in [-0.4, -0.2) is 220 Å². The van der Waals surface area contributed by atoms with Crippen molar-refractivity contribution >= 4 is 138 Å². The van der Waals surface area contributed by atoms with E-state index in [-0.39, 0.29) is 105 Å². The Labute approximate surface area is 732 Å². The zero-order valence-electron chi connectivity index (χ0n) is 71.3. The minimum absolute atomic E-state index is 0. The smallest absolute Gasteiger partial charge is 0.497 e. The van der Waals surface area contributed by atoms with E-state index < -0.39 is 178 Å². The number of halogens is 2. The molecular weight excluding hydrogens is 1700 g/mol. The molecule has 10 fully saturated rings. The zero-order chi connectivity index (χ0) is 89.0. The molecule has 4 aliphatic heterocycles. The summed E-state index contributed by atoms with van der Waals surface area (Å²) in [6.45, 7) is 22.3. The van der Waals surface area contributed by atoms with E-state index in [1.165, 1.54) is 34.8 Å². The number of nitrogens with two attached hydrogens (primary N) is 1. The first kappa shape index (κ1) is 97.8. The molecule has 6 saturated carbocycles. The molecule has 4 aromatic rings. The molecule has 11 amide bonds. The number of methoxy groups -OCH3 is 2. The van der Waals surface area contributed by atoms with E-state index >= 15 is 0 Å². The van der Waals surface area contributed by atoms with Gasteiger partial charge in [0.15, 0.2) is 0 Å². The molecule has 0 bridgehead atoms. The van der Waals surface area contributed by atoms with E-state index in [0.29, 0.717) is 54.3 Å². The summed E-state index contributed by atoms with van der Waals surface area (Å²) in [7, 11) is -4.65. The summed E-state index contributed by atoms with van der Waals surface area (Å²) in [5, 5.41) is 19.9. The Bertz CT molecular complexity index is 4920. The van der Waals surface area contributed by atoms with Gasteiger partial charge >= 0.3 is 12.2 Å². The standard InChI is InChI=1S/C38H51N5O9S.C31H41N5O7S.C9H8N2O7.C6H12O.2ClH/c1-7-24-21-38(24,34(46)42-53(48,49)27-11-10-12-27)41-31(44)29-20-26(51-32-28-14-13-25(50-6)19-23(28)15-18-39-32)22-43(29)33(45)30(36(2,3)4)40-35(47)52-37(5)16-8-9-17-37;1-6-19-16-31(19,29(39)35-44(40,41)22-8-7-9-22)34-26(37)24-15-21(17-36(24)28(38)25(32)30(2,3)4)43-27-23-11-10-20(42-5)14-18(23)12-13-33-27;12-5-1-2-6(13)10(5)17-9(16)18-11-7(14)3-4-8(11)15;1-6(7)4-2-3-5-6;;/h7,13-15,18-19,24,26-27,29-30H,1,8-12,16-17,20-22H2,2-6H3,(H,40,47)(H,41,44)(H,42,46);6,10-14,19,21-22,24-25H,1,7-9,15-17,32H2,2-5H3,(H,34,37)(H,35,39);1-4H2;7H,2-5H2,1H3;2*1H/t24-,26-,29+,30-,38-;19-,21-,24+,25-,31-;;;;/m11..../s1.